The Morgan fingerprint density at radius 3 is 2.49 bits per heavy atom. The van der Waals surface area contributed by atoms with Gasteiger partial charge in [-0.25, -0.2) is 9.59 Å². The summed E-state index contributed by atoms with van der Waals surface area (Å²) in [7, 11) is 1.67. The number of aryl methyl sites for hydroxylation is 1. The van der Waals surface area contributed by atoms with Crippen LogP contribution < -0.4 is 5.32 Å². The van der Waals surface area contributed by atoms with E-state index in [0.29, 0.717) is 48.0 Å². The molecule has 4 rings (SSSR count). The van der Waals surface area contributed by atoms with Crippen LogP contribution in [0.2, 0.25) is 5.02 Å². The third-order valence-corrected chi connectivity index (χ3v) is 7.16. The zero-order valence-electron chi connectivity index (χ0n) is 21.5. The lowest BCUT2D eigenvalue weighted by Crippen LogP contribution is -2.49. The summed E-state index contributed by atoms with van der Waals surface area (Å²) >= 11 is 5.97. The van der Waals surface area contributed by atoms with Gasteiger partial charge in [0.25, 0.3) is 5.91 Å². The molecule has 2 aliphatic rings. The van der Waals surface area contributed by atoms with Gasteiger partial charge in [0.15, 0.2) is 0 Å². The third kappa shape index (κ3) is 5.97. The molecule has 1 saturated heterocycles. The zero-order valence-corrected chi connectivity index (χ0v) is 22.3. The first-order valence-corrected chi connectivity index (χ1v) is 12.9. The number of benzene rings is 2. The fourth-order valence-corrected chi connectivity index (χ4v) is 4.99. The number of nitrogens with zero attached hydrogens (tertiary/aromatic N) is 3. The fraction of sp³-hybridized carbons (Fsp3) is 0.393. The molecular weight excluding hydrogens is 492 g/mol. The predicted molar refractivity (Wildman–Crippen MR) is 142 cm³/mol. The average molecular weight is 525 g/mol. The molecule has 2 aromatic carbocycles. The number of esters is 1. The van der Waals surface area contributed by atoms with Gasteiger partial charge in [-0.1, -0.05) is 35.9 Å². The fourth-order valence-electron chi connectivity index (χ4n) is 4.86. The third-order valence-electron chi connectivity index (χ3n) is 6.91. The van der Waals surface area contributed by atoms with Crippen LogP contribution in [0.1, 0.15) is 40.9 Å². The molecule has 1 atom stereocenters. The van der Waals surface area contributed by atoms with Crippen molar-refractivity contribution < 1.29 is 19.1 Å². The van der Waals surface area contributed by atoms with Crippen molar-refractivity contribution in [2.45, 2.75) is 26.3 Å². The van der Waals surface area contributed by atoms with Crippen LogP contribution in [0.5, 0.6) is 0 Å². The van der Waals surface area contributed by atoms with E-state index in [0.717, 1.165) is 24.1 Å². The van der Waals surface area contributed by atoms with E-state index < -0.39 is 12.0 Å². The van der Waals surface area contributed by atoms with Gasteiger partial charge >= 0.3 is 12.0 Å². The van der Waals surface area contributed by atoms with Gasteiger partial charge in [0.05, 0.1) is 18.2 Å². The number of amides is 3. The maximum Gasteiger partial charge on any atom is 0.338 e. The van der Waals surface area contributed by atoms with Gasteiger partial charge in [-0.3, -0.25) is 14.6 Å². The van der Waals surface area contributed by atoms with Crippen molar-refractivity contribution in [2.24, 2.45) is 0 Å². The number of ether oxygens (including phenoxy) is 1. The molecule has 2 aromatic rings. The number of rotatable bonds is 6. The molecule has 0 aliphatic carbocycles. The van der Waals surface area contributed by atoms with Crippen LogP contribution in [-0.4, -0.2) is 79.0 Å². The first kappa shape index (κ1) is 26.7. The Morgan fingerprint density at radius 1 is 1.05 bits per heavy atom. The minimum atomic E-state index is -0.603. The van der Waals surface area contributed by atoms with Crippen LogP contribution in [0.4, 0.5) is 4.79 Å². The highest BCUT2D eigenvalue weighted by atomic mass is 35.5. The molecule has 9 heteroatoms. The summed E-state index contributed by atoms with van der Waals surface area (Å²) in [6, 6.07) is 13.8. The second kappa shape index (κ2) is 11.8. The molecule has 8 nitrogen and oxygen atoms in total. The molecular formula is C28H33ClN4O4. The van der Waals surface area contributed by atoms with E-state index in [-0.39, 0.29) is 18.5 Å². The van der Waals surface area contributed by atoms with Crippen molar-refractivity contribution >= 4 is 29.5 Å². The first-order chi connectivity index (χ1) is 17.8. The van der Waals surface area contributed by atoms with E-state index in [2.05, 4.69) is 10.2 Å². The normalized spacial score (nSPS) is 18.9. The van der Waals surface area contributed by atoms with Gasteiger partial charge in [-0.2, -0.15) is 0 Å². The summed E-state index contributed by atoms with van der Waals surface area (Å²) in [4.78, 5) is 44.8. The molecule has 3 amide bonds. The Kier molecular flexibility index (Phi) is 8.51. The standard InChI is InChI=1S/C28H33ClN4O4/c1-4-37-27(35)24-23(31(3)28(36)30-25(24)22-9-6-5-8-19(22)2)18-32-14-7-15-33(17-16-32)26(34)20-10-12-21(29)13-11-20/h5-6,8-13,25H,4,7,14-18H2,1-3H3,(H,30,36)/t25-/m1/s1. The second-order valence-corrected chi connectivity index (χ2v) is 9.74. The van der Waals surface area contributed by atoms with E-state index in [9.17, 15) is 14.4 Å². The van der Waals surface area contributed by atoms with Gasteiger partial charge < -0.3 is 15.0 Å². The number of hydrogen-bond acceptors (Lipinski definition) is 5. The maximum atomic E-state index is 13.2. The Hall–Kier alpha value is -3.36. The molecule has 1 N–H and O–H groups in total. The number of halogens is 1. The maximum absolute atomic E-state index is 13.2. The molecule has 2 heterocycles. The highest BCUT2D eigenvalue weighted by molar-refractivity contribution is 6.30. The molecule has 0 unspecified atom stereocenters. The smallest absolute Gasteiger partial charge is 0.338 e. The lowest BCUT2D eigenvalue weighted by atomic mass is 9.91. The van der Waals surface area contributed by atoms with Crippen molar-refractivity contribution in [3.05, 3.63) is 81.5 Å². The summed E-state index contributed by atoms with van der Waals surface area (Å²) in [5.74, 6) is -0.467. The molecule has 1 fully saturated rings. The zero-order chi connectivity index (χ0) is 26.5. The quantitative estimate of drug-likeness (QED) is 0.577. The van der Waals surface area contributed by atoms with Gasteiger partial charge in [-0.15, -0.1) is 0 Å². The van der Waals surface area contributed by atoms with Crippen LogP contribution in [0.25, 0.3) is 0 Å². The Morgan fingerprint density at radius 2 is 1.78 bits per heavy atom. The van der Waals surface area contributed by atoms with Gasteiger partial charge in [0.2, 0.25) is 0 Å². The number of carbonyl (C=O) groups is 3. The molecule has 0 aromatic heterocycles. The highest BCUT2D eigenvalue weighted by Gasteiger charge is 2.38. The van der Waals surface area contributed by atoms with Crippen molar-refractivity contribution in [3.8, 4) is 0 Å². The largest absolute Gasteiger partial charge is 0.463 e. The number of carbonyl (C=O) groups excluding carboxylic acids is 3. The molecule has 0 bridgehead atoms. The van der Waals surface area contributed by atoms with Crippen molar-refractivity contribution in [3.63, 3.8) is 0 Å². The van der Waals surface area contributed by atoms with Crippen molar-refractivity contribution in [1.82, 2.24) is 20.0 Å². The van der Waals surface area contributed by atoms with Crippen LogP contribution in [-0.2, 0) is 9.53 Å². The summed E-state index contributed by atoms with van der Waals surface area (Å²) < 4.78 is 5.45. The monoisotopic (exact) mass is 524 g/mol. The average Bonchev–Trinajstić information content (AvgIpc) is 3.13. The Labute approximate surface area is 222 Å². The number of nitrogens with one attached hydrogen (secondary N) is 1. The lowest BCUT2D eigenvalue weighted by Gasteiger charge is -2.37. The molecule has 0 saturated carbocycles. The second-order valence-electron chi connectivity index (χ2n) is 9.31. The van der Waals surface area contributed by atoms with E-state index >= 15 is 0 Å². The van der Waals surface area contributed by atoms with Gasteiger partial charge in [-0.05, 0) is 55.7 Å². The molecule has 0 radical (unpaired) electrons. The molecule has 2 aliphatic heterocycles. The van der Waals surface area contributed by atoms with Crippen LogP contribution in [0.15, 0.2) is 59.8 Å². The van der Waals surface area contributed by atoms with E-state index in [4.69, 9.17) is 16.3 Å². The molecule has 196 valence electrons. The first-order valence-electron chi connectivity index (χ1n) is 12.6. The minimum Gasteiger partial charge on any atom is -0.463 e. The minimum absolute atomic E-state index is 0.0290. The summed E-state index contributed by atoms with van der Waals surface area (Å²) in [6.45, 7) is 6.88. The number of hydrogen-bond donors (Lipinski definition) is 1. The summed E-state index contributed by atoms with van der Waals surface area (Å²) in [5.41, 5.74) is 3.50. The predicted octanol–water partition coefficient (Wildman–Crippen LogP) is 4.01. The van der Waals surface area contributed by atoms with E-state index in [1.807, 2.05) is 36.1 Å². The highest BCUT2D eigenvalue weighted by Crippen LogP contribution is 2.33. The number of urea groups is 1. The summed E-state index contributed by atoms with van der Waals surface area (Å²) in [6.07, 6.45) is 0.776. The van der Waals surface area contributed by atoms with Crippen LogP contribution in [0, 0.1) is 6.92 Å². The summed E-state index contributed by atoms with van der Waals surface area (Å²) in [5, 5.41) is 3.58. The number of likely N-dealkylation sites (N-methyl/N-ethyl adjacent to an activating group) is 1. The molecule has 37 heavy (non-hydrogen) atoms. The molecule has 0 spiro atoms. The van der Waals surface area contributed by atoms with Crippen molar-refractivity contribution in [2.75, 3.05) is 46.4 Å². The Balaban J connectivity index is 1.59. The van der Waals surface area contributed by atoms with E-state index in [1.165, 1.54) is 4.90 Å². The lowest BCUT2D eigenvalue weighted by molar-refractivity contribution is -0.139. The van der Waals surface area contributed by atoms with Gasteiger partial charge in [0, 0.05) is 56.1 Å². The topological polar surface area (TPSA) is 82.2 Å². The van der Waals surface area contributed by atoms with Crippen LogP contribution >= 0.6 is 11.6 Å². The van der Waals surface area contributed by atoms with Gasteiger partial charge in [0.1, 0.15) is 0 Å². The SMILES string of the molecule is CCOC(=O)C1=C(CN2CCCN(C(=O)c3ccc(Cl)cc3)CC2)N(C)C(=O)N[C@@H]1c1ccccc1C. The Bertz CT molecular complexity index is 1200. The van der Waals surface area contributed by atoms with E-state index in [1.54, 1.807) is 38.2 Å². The van der Waals surface area contributed by atoms with Crippen molar-refractivity contribution in [1.29, 1.82) is 0 Å². The van der Waals surface area contributed by atoms with Crippen LogP contribution in [0.3, 0.4) is 0 Å².